The van der Waals surface area contributed by atoms with Crippen molar-refractivity contribution in [2.75, 3.05) is 7.11 Å². The Bertz CT molecular complexity index is 250. The number of carbonyl (C=O) groups is 1. The summed E-state index contributed by atoms with van der Waals surface area (Å²) in [7, 11) is 0.108. The van der Waals surface area contributed by atoms with Crippen molar-refractivity contribution in [3.63, 3.8) is 0 Å². The van der Waals surface area contributed by atoms with Gasteiger partial charge in [0.15, 0.2) is 0 Å². The number of esters is 1. The predicted octanol–water partition coefficient (Wildman–Crippen LogP) is 1.99. The standard InChI is InChI=1S/C10H16O2Si/c1-12-10(11)8-6-5-7-9-13(2,3)4/h6,8H,5H2,1-4H3/b8-6+. The second-order valence-electron chi connectivity index (χ2n) is 3.68. The van der Waals surface area contributed by atoms with Gasteiger partial charge in [-0.15, -0.1) is 11.5 Å². The molecular formula is C10H16O2Si. The molecule has 0 aromatic rings. The first-order valence-electron chi connectivity index (χ1n) is 4.20. The van der Waals surface area contributed by atoms with Crippen LogP contribution in [0.3, 0.4) is 0 Å². The van der Waals surface area contributed by atoms with Crippen molar-refractivity contribution >= 4 is 14.0 Å². The molecule has 72 valence electrons. The van der Waals surface area contributed by atoms with E-state index in [-0.39, 0.29) is 5.97 Å². The Hall–Kier alpha value is -1.01. The SMILES string of the molecule is COC(=O)/C=C/CC#C[Si](C)(C)C. The van der Waals surface area contributed by atoms with Gasteiger partial charge in [0, 0.05) is 12.5 Å². The molecule has 0 aliphatic carbocycles. The Morgan fingerprint density at radius 1 is 1.46 bits per heavy atom. The topological polar surface area (TPSA) is 26.3 Å². The largest absolute Gasteiger partial charge is 0.466 e. The van der Waals surface area contributed by atoms with Gasteiger partial charge in [-0.1, -0.05) is 25.7 Å². The van der Waals surface area contributed by atoms with E-state index in [1.807, 2.05) is 0 Å². The van der Waals surface area contributed by atoms with Crippen LogP contribution >= 0.6 is 0 Å². The van der Waals surface area contributed by atoms with Crippen LogP contribution in [0.4, 0.5) is 0 Å². The lowest BCUT2D eigenvalue weighted by atomic mass is 10.4. The van der Waals surface area contributed by atoms with Crippen molar-refractivity contribution in [1.82, 2.24) is 0 Å². The van der Waals surface area contributed by atoms with Crippen molar-refractivity contribution in [3.05, 3.63) is 12.2 Å². The molecule has 0 aromatic carbocycles. The summed E-state index contributed by atoms with van der Waals surface area (Å²) in [5.74, 6) is 2.70. The summed E-state index contributed by atoms with van der Waals surface area (Å²) in [6, 6.07) is 0. The van der Waals surface area contributed by atoms with Crippen LogP contribution in [-0.2, 0) is 9.53 Å². The highest BCUT2D eigenvalue weighted by molar-refractivity contribution is 6.83. The lowest BCUT2D eigenvalue weighted by molar-refractivity contribution is -0.134. The number of carbonyl (C=O) groups excluding carboxylic acids is 1. The third kappa shape index (κ3) is 8.90. The second kappa shape index (κ2) is 5.60. The van der Waals surface area contributed by atoms with E-state index in [2.05, 4.69) is 35.8 Å². The second-order valence-corrected chi connectivity index (χ2v) is 8.43. The van der Waals surface area contributed by atoms with Gasteiger partial charge in [-0.2, -0.15) is 0 Å². The molecule has 2 nitrogen and oxygen atoms in total. The van der Waals surface area contributed by atoms with Crippen molar-refractivity contribution in [2.24, 2.45) is 0 Å². The van der Waals surface area contributed by atoms with Gasteiger partial charge < -0.3 is 4.74 Å². The van der Waals surface area contributed by atoms with E-state index in [4.69, 9.17) is 0 Å². The van der Waals surface area contributed by atoms with Crippen LogP contribution in [0, 0.1) is 11.5 Å². The Balaban J connectivity index is 3.84. The fourth-order valence-corrected chi connectivity index (χ4v) is 1.23. The fraction of sp³-hybridized carbons (Fsp3) is 0.500. The van der Waals surface area contributed by atoms with Gasteiger partial charge in [0.2, 0.25) is 0 Å². The quantitative estimate of drug-likeness (QED) is 0.292. The first-order valence-corrected chi connectivity index (χ1v) is 7.70. The predicted molar refractivity (Wildman–Crippen MR) is 56.9 cm³/mol. The molecule has 0 aromatic heterocycles. The van der Waals surface area contributed by atoms with E-state index >= 15 is 0 Å². The Morgan fingerprint density at radius 2 is 2.08 bits per heavy atom. The van der Waals surface area contributed by atoms with Crippen molar-refractivity contribution < 1.29 is 9.53 Å². The summed E-state index contributed by atoms with van der Waals surface area (Å²) in [4.78, 5) is 10.6. The number of allylic oxidation sites excluding steroid dienone is 1. The van der Waals surface area contributed by atoms with Crippen LogP contribution in [0.25, 0.3) is 0 Å². The monoisotopic (exact) mass is 196 g/mol. The Kier molecular flexibility index (Phi) is 5.16. The smallest absolute Gasteiger partial charge is 0.330 e. The summed E-state index contributed by atoms with van der Waals surface area (Å²) in [6.07, 6.45) is 3.75. The van der Waals surface area contributed by atoms with Crippen LogP contribution in [0.15, 0.2) is 12.2 Å². The van der Waals surface area contributed by atoms with Crippen LogP contribution in [-0.4, -0.2) is 21.2 Å². The molecule has 0 atom stereocenters. The summed E-state index contributed by atoms with van der Waals surface area (Å²) in [5, 5.41) is 0. The molecule has 0 spiro atoms. The van der Waals surface area contributed by atoms with Gasteiger partial charge in [-0.3, -0.25) is 0 Å². The van der Waals surface area contributed by atoms with Gasteiger partial charge >= 0.3 is 5.97 Å². The molecule has 0 aliphatic rings. The molecule has 0 aliphatic heterocycles. The lowest BCUT2D eigenvalue weighted by Crippen LogP contribution is -2.16. The zero-order valence-corrected chi connectivity index (χ0v) is 9.68. The van der Waals surface area contributed by atoms with Crippen LogP contribution in [0.2, 0.25) is 19.6 Å². The first kappa shape index (κ1) is 12.0. The van der Waals surface area contributed by atoms with Gasteiger partial charge in [0.1, 0.15) is 8.07 Å². The van der Waals surface area contributed by atoms with E-state index < -0.39 is 8.07 Å². The molecule has 0 bridgehead atoms. The maximum absolute atomic E-state index is 10.6. The highest BCUT2D eigenvalue weighted by Gasteiger charge is 2.06. The Labute approximate surface area is 81.0 Å². The van der Waals surface area contributed by atoms with Crippen molar-refractivity contribution in [3.8, 4) is 11.5 Å². The molecular weight excluding hydrogens is 180 g/mol. The van der Waals surface area contributed by atoms with Crippen molar-refractivity contribution in [2.45, 2.75) is 26.1 Å². The van der Waals surface area contributed by atoms with Crippen molar-refractivity contribution in [1.29, 1.82) is 0 Å². The molecule has 13 heavy (non-hydrogen) atoms. The minimum absolute atomic E-state index is 0.324. The maximum atomic E-state index is 10.6. The fourth-order valence-electron chi connectivity index (χ4n) is 0.598. The third-order valence-corrected chi connectivity index (χ3v) is 2.07. The molecule has 0 radical (unpaired) electrons. The van der Waals surface area contributed by atoms with Gasteiger partial charge in [0.05, 0.1) is 7.11 Å². The van der Waals surface area contributed by atoms with Gasteiger partial charge in [-0.25, -0.2) is 4.79 Å². The van der Waals surface area contributed by atoms with E-state index in [0.717, 1.165) is 0 Å². The zero-order chi connectivity index (χ0) is 10.3. The summed E-state index contributed by atoms with van der Waals surface area (Å²) in [6.45, 7) is 6.55. The number of rotatable bonds is 2. The minimum Gasteiger partial charge on any atom is -0.466 e. The number of hydrogen-bond donors (Lipinski definition) is 0. The van der Waals surface area contributed by atoms with Gasteiger partial charge in [0.25, 0.3) is 0 Å². The molecule has 0 saturated carbocycles. The summed E-state index contributed by atoms with van der Waals surface area (Å²) < 4.78 is 4.43. The molecule has 3 heteroatoms. The normalized spacial score (nSPS) is 10.8. The Morgan fingerprint density at radius 3 is 2.54 bits per heavy atom. The number of ether oxygens (including phenoxy) is 1. The third-order valence-electron chi connectivity index (χ3n) is 1.14. The van der Waals surface area contributed by atoms with E-state index in [1.165, 1.54) is 13.2 Å². The highest BCUT2D eigenvalue weighted by atomic mass is 28.3. The van der Waals surface area contributed by atoms with Crippen LogP contribution in [0.1, 0.15) is 6.42 Å². The average molecular weight is 196 g/mol. The summed E-state index contributed by atoms with van der Waals surface area (Å²) in [5.41, 5.74) is 3.20. The molecule has 0 rings (SSSR count). The molecule has 0 amide bonds. The van der Waals surface area contributed by atoms with E-state index in [9.17, 15) is 4.79 Å². The van der Waals surface area contributed by atoms with E-state index in [1.54, 1.807) is 6.08 Å². The number of hydrogen-bond acceptors (Lipinski definition) is 2. The van der Waals surface area contributed by atoms with Gasteiger partial charge in [-0.05, 0) is 0 Å². The maximum Gasteiger partial charge on any atom is 0.330 e. The summed E-state index contributed by atoms with van der Waals surface area (Å²) >= 11 is 0. The molecule has 0 heterocycles. The minimum atomic E-state index is -1.25. The average Bonchev–Trinajstić information content (AvgIpc) is 2.01. The first-order chi connectivity index (χ1) is 5.95. The van der Waals surface area contributed by atoms with E-state index in [0.29, 0.717) is 6.42 Å². The van der Waals surface area contributed by atoms with Crippen LogP contribution in [0.5, 0.6) is 0 Å². The highest BCUT2D eigenvalue weighted by Crippen LogP contribution is 1.96. The lowest BCUT2D eigenvalue weighted by Gasteiger charge is -2.02. The zero-order valence-electron chi connectivity index (χ0n) is 8.68. The molecule has 0 fully saturated rings. The number of methoxy groups -OCH3 is 1. The molecule has 0 saturated heterocycles. The van der Waals surface area contributed by atoms with Crippen LogP contribution < -0.4 is 0 Å². The molecule has 0 unspecified atom stereocenters. The molecule has 0 N–H and O–H groups in total.